The van der Waals surface area contributed by atoms with Gasteiger partial charge in [0.2, 0.25) is 5.82 Å². The fourth-order valence-corrected chi connectivity index (χ4v) is 3.07. The van der Waals surface area contributed by atoms with E-state index in [2.05, 4.69) is 22.3 Å². The Balaban J connectivity index is 1.76. The zero-order valence-corrected chi connectivity index (χ0v) is 12.4. The van der Waals surface area contributed by atoms with E-state index in [1.54, 1.807) is 18.2 Å². The molecule has 3 aromatic rings. The van der Waals surface area contributed by atoms with Gasteiger partial charge < -0.3 is 10.3 Å². The van der Waals surface area contributed by atoms with E-state index in [1.165, 1.54) is 11.1 Å². The summed E-state index contributed by atoms with van der Waals surface area (Å²) in [5, 5.41) is 13.1. The summed E-state index contributed by atoms with van der Waals surface area (Å²) in [6, 6.07) is 15.4. The maximum absolute atomic E-state index is 8.99. The lowest BCUT2D eigenvalue weighted by Crippen LogP contribution is -2.04. The van der Waals surface area contributed by atoms with Crippen LogP contribution in [-0.2, 0) is 6.42 Å². The first-order valence-electron chi connectivity index (χ1n) is 7.48. The number of hydrogen-bond donors (Lipinski definition) is 1. The standard InChI is InChI=1S/C18H14N4O/c19-10-11-3-1-4-12(9-11)18-21-17(22-23-18)15-6-2-5-14-13(15)7-8-16(14)20/h1-6,9,16H,7-8,20H2. The lowest BCUT2D eigenvalue weighted by Gasteiger charge is -2.06. The van der Waals surface area contributed by atoms with Crippen molar-refractivity contribution in [2.24, 2.45) is 5.73 Å². The molecule has 1 heterocycles. The molecule has 112 valence electrons. The fraction of sp³-hybridized carbons (Fsp3) is 0.167. The van der Waals surface area contributed by atoms with Gasteiger partial charge in [-0.1, -0.05) is 29.4 Å². The minimum atomic E-state index is 0.0867. The molecule has 1 unspecified atom stereocenters. The Morgan fingerprint density at radius 1 is 1.22 bits per heavy atom. The number of nitrogens with zero attached hydrogens (tertiary/aromatic N) is 3. The molecule has 0 saturated heterocycles. The number of benzene rings is 2. The lowest BCUT2D eigenvalue weighted by atomic mass is 10.0. The van der Waals surface area contributed by atoms with E-state index >= 15 is 0 Å². The molecule has 23 heavy (non-hydrogen) atoms. The molecular weight excluding hydrogens is 288 g/mol. The van der Waals surface area contributed by atoms with Crippen LogP contribution in [0, 0.1) is 11.3 Å². The van der Waals surface area contributed by atoms with Crippen LogP contribution < -0.4 is 5.73 Å². The van der Waals surface area contributed by atoms with Gasteiger partial charge in [-0.2, -0.15) is 10.2 Å². The first-order chi connectivity index (χ1) is 11.3. The van der Waals surface area contributed by atoms with E-state index in [9.17, 15) is 0 Å². The highest BCUT2D eigenvalue weighted by atomic mass is 16.5. The quantitative estimate of drug-likeness (QED) is 0.785. The minimum absolute atomic E-state index is 0.0867. The van der Waals surface area contributed by atoms with Crippen LogP contribution in [0.5, 0.6) is 0 Å². The van der Waals surface area contributed by atoms with Gasteiger partial charge in [0.25, 0.3) is 5.89 Å². The summed E-state index contributed by atoms with van der Waals surface area (Å²) in [4.78, 5) is 4.50. The zero-order valence-electron chi connectivity index (χ0n) is 12.4. The summed E-state index contributed by atoms with van der Waals surface area (Å²) >= 11 is 0. The molecule has 2 N–H and O–H groups in total. The highest BCUT2D eigenvalue weighted by Gasteiger charge is 2.24. The first kappa shape index (κ1) is 13.7. The van der Waals surface area contributed by atoms with Gasteiger partial charge in [0.05, 0.1) is 11.6 Å². The van der Waals surface area contributed by atoms with E-state index in [1.807, 2.05) is 18.2 Å². The number of nitriles is 1. The summed E-state index contributed by atoms with van der Waals surface area (Å²) in [7, 11) is 0. The molecule has 2 aromatic carbocycles. The number of aromatic nitrogens is 2. The van der Waals surface area contributed by atoms with Crippen LogP contribution >= 0.6 is 0 Å². The van der Waals surface area contributed by atoms with Crippen molar-refractivity contribution in [1.29, 1.82) is 5.26 Å². The molecule has 1 aliphatic carbocycles. The van der Waals surface area contributed by atoms with Crippen molar-refractivity contribution in [3.63, 3.8) is 0 Å². The van der Waals surface area contributed by atoms with Crippen LogP contribution in [0.4, 0.5) is 0 Å². The van der Waals surface area contributed by atoms with E-state index < -0.39 is 0 Å². The number of hydrogen-bond acceptors (Lipinski definition) is 5. The third-order valence-electron chi connectivity index (χ3n) is 4.22. The van der Waals surface area contributed by atoms with Crippen molar-refractivity contribution in [3.8, 4) is 28.9 Å². The second kappa shape index (κ2) is 5.34. The van der Waals surface area contributed by atoms with Gasteiger partial charge in [0.15, 0.2) is 0 Å². The maximum Gasteiger partial charge on any atom is 0.258 e. The van der Waals surface area contributed by atoms with Gasteiger partial charge in [-0.05, 0) is 42.2 Å². The molecule has 0 radical (unpaired) electrons. The Kier molecular flexibility index (Phi) is 3.18. The Labute approximate surface area is 133 Å². The van der Waals surface area contributed by atoms with Crippen molar-refractivity contribution < 1.29 is 4.52 Å². The Bertz CT molecular complexity index is 923. The molecule has 0 fully saturated rings. The Morgan fingerprint density at radius 2 is 2.09 bits per heavy atom. The van der Waals surface area contributed by atoms with Gasteiger partial charge in [0, 0.05) is 17.2 Å². The van der Waals surface area contributed by atoms with Crippen molar-refractivity contribution in [2.75, 3.05) is 0 Å². The monoisotopic (exact) mass is 302 g/mol. The molecule has 1 atom stereocenters. The summed E-state index contributed by atoms with van der Waals surface area (Å²) in [5.41, 5.74) is 10.8. The summed E-state index contributed by atoms with van der Waals surface area (Å²) in [5.74, 6) is 0.977. The van der Waals surface area contributed by atoms with Crippen LogP contribution in [-0.4, -0.2) is 10.1 Å². The van der Waals surface area contributed by atoms with Crippen LogP contribution in [0.3, 0.4) is 0 Å². The van der Waals surface area contributed by atoms with Gasteiger partial charge in [-0.15, -0.1) is 0 Å². The van der Waals surface area contributed by atoms with E-state index in [4.69, 9.17) is 15.5 Å². The van der Waals surface area contributed by atoms with E-state index in [-0.39, 0.29) is 6.04 Å². The summed E-state index contributed by atoms with van der Waals surface area (Å²) < 4.78 is 5.39. The average molecular weight is 302 g/mol. The van der Waals surface area contributed by atoms with Crippen LogP contribution in [0.2, 0.25) is 0 Å². The van der Waals surface area contributed by atoms with Gasteiger partial charge in [-0.3, -0.25) is 0 Å². The highest BCUT2D eigenvalue weighted by molar-refractivity contribution is 5.66. The molecule has 4 rings (SSSR count). The first-order valence-corrected chi connectivity index (χ1v) is 7.48. The maximum atomic E-state index is 8.99. The zero-order chi connectivity index (χ0) is 15.8. The second-order valence-electron chi connectivity index (χ2n) is 5.63. The van der Waals surface area contributed by atoms with Crippen LogP contribution in [0.25, 0.3) is 22.8 Å². The Morgan fingerprint density at radius 3 is 2.96 bits per heavy atom. The molecule has 0 spiro atoms. The molecule has 5 heteroatoms. The normalized spacial score (nSPS) is 16.1. The predicted octanol–water partition coefficient (Wildman–Crippen LogP) is 3.22. The topological polar surface area (TPSA) is 88.7 Å². The third-order valence-corrected chi connectivity index (χ3v) is 4.22. The van der Waals surface area contributed by atoms with Crippen molar-refractivity contribution >= 4 is 0 Å². The fourth-order valence-electron chi connectivity index (χ4n) is 3.07. The SMILES string of the molecule is N#Cc1cccc(-c2nc(-c3cccc4c3CCC4N)no2)c1. The van der Waals surface area contributed by atoms with Gasteiger partial charge >= 0.3 is 0 Å². The molecule has 5 nitrogen and oxygen atoms in total. The minimum Gasteiger partial charge on any atom is -0.334 e. The molecular formula is C18H14N4O. The van der Waals surface area contributed by atoms with E-state index in [0.29, 0.717) is 17.3 Å². The van der Waals surface area contributed by atoms with Gasteiger partial charge in [0.1, 0.15) is 0 Å². The average Bonchev–Trinajstić information content (AvgIpc) is 3.22. The predicted molar refractivity (Wildman–Crippen MR) is 85.1 cm³/mol. The van der Waals surface area contributed by atoms with Gasteiger partial charge in [-0.25, -0.2) is 0 Å². The number of fused-ring (bicyclic) bond motifs is 1. The third kappa shape index (κ3) is 2.30. The van der Waals surface area contributed by atoms with Crippen LogP contribution in [0.1, 0.15) is 29.2 Å². The molecule has 0 bridgehead atoms. The number of nitrogens with two attached hydrogens (primary N) is 1. The lowest BCUT2D eigenvalue weighted by molar-refractivity contribution is 0.432. The molecule has 0 amide bonds. The largest absolute Gasteiger partial charge is 0.334 e. The van der Waals surface area contributed by atoms with Crippen molar-refractivity contribution in [1.82, 2.24) is 10.1 Å². The van der Waals surface area contributed by atoms with E-state index in [0.717, 1.165) is 24.0 Å². The van der Waals surface area contributed by atoms with Crippen molar-refractivity contribution in [2.45, 2.75) is 18.9 Å². The summed E-state index contributed by atoms with van der Waals surface area (Å²) in [6.07, 6.45) is 1.88. The molecule has 1 aromatic heterocycles. The Hall–Kier alpha value is -2.97. The molecule has 0 aliphatic heterocycles. The van der Waals surface area contributed by atoms with Crippen molar-refractivity contribution in [3.05, 3.63) is 59.2 Å². The number of rotatable bonds is 2. The molecule has 1 aliphatic rings. The summed E-state index contributed by atoms with van der Waals surface area (Å²) in [6.45, 7) is 0. The molecule has 0 saturated carbocycles. The smallest absolute Gasteiger partial charge is 0.258 e. The highest BCUT2D eigenvalue weighted by Crippen LogP contribution is 2.36. The van der Waals surface area contributed by atoms with Crippen LogP contribution in [0.15, 0.2) is 47.0 Å². The second-order valence-corrected chi connectivity index (χ2v) is 5.63.